The molecule has 1 spiro atoms. The second-order valence-corrected chi connectivity index (χ2v) is 7.08. The van der Waals surface area contributed by atoms with Crippen molar-refractivity contribution in [2.24, 2.45) is 0 Å². The number of anilines is 1. The Morgan fingerprint density at radius 1 is 1.31 bits per heavy atom. The molecule has 2 aliphatic heterocycles. The molecule has 0 radical (unpaired) electrons. The van der Waals surface area contributed by atoms with Gasteiger partial charge in [0.05, 0.1) is 23.6 Å². The second kappa shape index (κ2) is 11.1. The predicted octanol–water partition coefficient (Wildman–Crippen LogP) is 3.41. The lowest BCUT2D eigenvalue weighted by Gasteiger charge is -2.44. The van der Waals surface area contributed by atoms with Gasteiger partial charge in [-0.05, 0) is 45.0 Å². The molecule has 0 bridgehead atoms. The fraction of sp³-hybridized carbons (Fsp3) is 0.591. The number of fused-ring (bicyclic) bond motifs is 1. The zero-order valence-electron chi connectivity index (χ0n) is 18.4. The predicted molar refractivity (Wildman–Crippen MR) is 120 cm³/mol. The van der Waals surface area contributed by atoms with Crippen LogP contribution in [-0.4, -0.2) is 59.2 Å². The molecule has 4 heterocycles. The van der Waals surface area contributed by atoms with Crippen LogP contribution in [0.4, 0.5) is 5.82 Å². The largest absolute Gasteiger partial charge is 0.372 e. The molecular formula is C22H36N6O. The number of nitrogens with one attached hydrogen (secondary N) is 2. The van der Waals surface area contributed by atoms with E-state index in [2.05, 4.69) is 33.9 Å². The number of piperidine rings is 1. The molecule has 0 aliphatic carbocycles. The summed E-state index contributed by atoms with van der Waals surface area (Å²) in [5.41, 5.74) is 3.08. The van der Waals surface area contributed by atoms with Gasteiger partial charge in [-0.1, -0.05) is 19.9 Å². The highest BCUT2D eigenvalue weighted by molar-refractivity contribution is 5.49. The maximum atomic E-state index is 6.08. The number of aromatic nitrogens is 3. The van der Waals surface area contributed by atoms with Crippen molar-refractivity contribution in [2.75, 3.05) is 37.7 Å². The minimum Gasteiger partial charge on any atom is -0.372 e. The summed E-state index contributed by atoms with van der Waals surface area (Å²) < 4.78 is 8.05. The van der Waals surface area contributed by atoms with Crippen LogP contribution in [0.1, 0.15) is 45.0 Å². The van der Waals surface area contributed by atoms with Crippen molar-refractivity contribution in [3.05, 3.63) is 36.2 Å². The SMILES string of the molecule is C=CCc1c(C)nc2ccc(N3CCC4(CC3)CNCCO4)nn12.CC.CC=N. The Kier molecular flexibility index (Phi) is 8.79. The fourth-order valence-corrected chi connectivity index (χ4v) is 3.79. The summed E-state index contributed by atoms with van der Waals surface area (Å²) in [7, 11) is 0. The average molecular weight is 401 g/mol. The van der Waals surface area contributed by atoms with Gasteiger partial charge < -0.3 is 20.4 Å². The van der Waals surface area contributed by atoms with E-state index in [9.17, 15) is 0 Å². The van der Waals surface area contributed by atoms with Gasteiger partial charge in [0.25, 0.3) is 0 Å². The molecule has 2 aromatic rings. The number of aryl methyl sites for hydroxylation is 1. The Labute approximate surface area is 174 Å². The lowest BCUT2D eigenvalue weighted by Crippen LogP contribution is -2.55. The molecule has 2 aromatic heterocycles. The van der Waals surface area contributed by atoms with E-state index in [1.165, 1.54) is 6.21 Å². The van der Waals surface area contributed by atoms with Gasteiger partial charge >= 0.3 is 0 Å². The number of allylic oxidation sites excluding steroid dienone is 1. The number of hydrogen-bond donors (Lipinski definition) is 2. The van der Waals surface area contributed by atoms with Crippen LogP contribution < -0.4 is 10.2 Å². The minimum absolute atomic E-state index is 0.0262. The Balaban J connectivity index is 0.000000551. The van der Waals surface area contributed by atoms with Crippen molar-refractivity contribution in [1.82, 2.24) is 19.9 Å². The summed E-state index contributed by atoms with van der Waals surface area (Å²) in [4.78, 5) is 6.95. The smallest absolute Gasteiger partial charge is 0.154 e. The molecule has 29 heavy (non-hydrogen) atoms. The number of rotatable bonds is 3. The maximum absolute atomic E-state index is 6.08. The first kappa shape index (κ1) is 23.0. The van der Waals surface area contributed by atoms with Crippen LogP contribution in [0.5, 0.6) is 0 Å². The zero-order valence-corrected chi connectivity index (χ0v) is 18.4. The molecule has 2 saturated heterocycles. The quantitative estimate of drug-likeness (QED) is 0.610. The van der Waals surface area contributed by atoms with Crippen LogP contribution >= 0.6 is 0 Å². The van der Waals surface area contributed by atoms with E-state index in [4.69, 9.17) is 15.2 Å². The van der Waals surface area contributed by atoms with Crippen molar-refractivity contribution in [3.63, 3.8) is 0 Å². The number of nitrogens with zero attached hydrogens (tertiary/aromatic N) is 4. The monoisotopic (exact) mass is 400 g/mol. The van der Waals surface area contributed by atoms with Crippen LogP contribution in [0.25, 0.3) is 5.65 Å². The molecule has 0 saturated carbocycles. The molecule has 2 fully saturated rings. The molecule has 7 nitrogen and oxygen atoms in total. The number of ether oxygens (including phenoxy) is 1. The first-order valence-electron chi connectivity index (χ1n) is 10.6. The highest BCUT2D eigenvalue weighted by Gasteiger charge is 2.37. The number of morpholine rings is 1. The lowest BCUT2D eigenvalue weighted by molar-refractivity contribution is -0.0800. The molecule has 0 amide bonds. The van der Waals surface area contributed by atoms with E-state index in [-0.39, 0.29) is 5.60 Å². The summed E-state index contributed by atoms with van der Waals surface area (Å²) in [5.74, 6) is 1.02. The molecule has 160 valence electrons. The first-order chi connectivity index (χ1) is 14.1. The van der Waals surface area contributed by atoms with E-state index in [0.717, 1.165) is 74.9 Å². The topological polar surface area (TPSA) is 78.5 Å². The van der Waals surface area contributed by atoms with E-state index < -0.39 is 0 Å². The first-order valence-corrected chi connectivity index (χ1v) is 10.6. The fourth-order valence-electron chi connectivity index (χ4n) is 3.79. The molecule has 0 atom stereocenters. The van der Waals surface area contributed by atoms with Gasteiger partial charge in [0, 0.05) is 32.6 Å². The number of hydrogen-bond acceptors (Lipinski definition) is 6. The van der Waals surface area contributed by atoms with Crippen LogP contribution in [0.2, 0.25) is 0 Å². The third kappa shape index (κ3) is 5.42. The maximum Gasteiger partial charge on any atom is 0.154 e. The van der Waals surface area contributed by atoms with Gasteiger partial charge in [0.2, 0.25) is 0 Å². The summed E-state index contributed by atoms with van der Waals surface area (Å²) in [5, 5.41) is 14.4. The minimum atomic E-state index is 0.0262. The molecule has 0 aromatic carbocycles. The van der Waals surface area contributed by atoms with E-state index in [1.54, 1.807) is 6.92 Å². The Bertz CT molecular complexity index is 784. The standard InChI is InChI=1S/C18H25N5O.C2H5N.C2H6/c1-3-4-15-14(2)20-16-5-6-17(21-23(15)16)22-10-7-18(8-11-22)13-19-9-12-24-18;1-2-3;1-2/h3,5-6,19H,1,4,7-13H2,2H3;2-3H,1H3;1-2H3. The van der Waals surface area contributed by atoms with Crippen LogP contribution in [0.15, 0.2) is 24.8 Å². The van der Waals surface area contributed by atoms with Crippen molar-refractivity contribution in [2.45, 2.75) is 52.6 Å². The summed E-state index contributed by atoms with van der Waals surface area (Å²) in [6.07, 6.45) is 6.03. The van der Waals surface area contributed by atoms with Gasteiger partial charge in [0.15, 0.2) is 5.65 Å². The van der Waals surface area contributed by atoms with Gasteiger partial charge in [0.1, 0.15) is 5.82 Å². The summed E-state index contributed by atoms with van der Waals surface area (Å²) in [6, 6.07) is 4.14. The Hall–Kier alpha value is -2.25. The van der Waals surface area contributed by atoms with Crippen molar-refractivity contribution >= 4 is 17.7 Å². The third-order valence-corrected chi connectivity index (χ3v) is 5.23. The van der Waals surface area contributed by atoms with Crippen molar-refractivity contribution in [1.29, 1.82) is 5.41 Å². The molecule has 4 rings (SSSR count). The van der Waals surface area contributed by atoms with Crippen molar-refractivity contribution in [3.8, 4) is 0 Å². The van der Waals surface area contributed by atoms with E-state index in [0.29, 0.717) is 0 Å². The van der Waals surface area contributed by atoms with Gasteiger partial charge in [-0.25, -0.2) is 9.50 Å². The molecule has 7 heteroatoms. The van der Waals surface area contributed by atoms with Gasteiger partial charge in [-0.15, -0.1) is 11.7 Å². The highest BCUT2D eigenvalue weighted by atomic mass is 16.5. The zero-order chi connectivity index (χ0) is 21.3. The van der Waals surface area contributed by atoms with Crippen LogP contribution in [0.3, 0.4) is 0 Å². The van der Waals surface area contributed by atoms with Crippen LogP contribution in [-0.2, 0) is 11.2 Å². The number of imidazole rings is 1. The normalized spacial score (nSPS) is 17.7. The summed E-state index contributed by atoms with van der Waals surface area (Å²) >= 11 is 0. The molecule has 2 N–H and O–H groups in total. The highest BCUT2D eigenvalue weighted by Crippen LogP contribution is 2.29. The molecular weight excluding hydrogens is 364 g/mol. The second-order valence-electron chi connectivity index (χ2n) is 7.08. The van der Waals surface area contributed by atoms with E-state index >= 15 is 0 Å². The molecule has 0 unspecified atom stereocenters. The summed E-state index contributed by atoms with van der Waals surface area (Å²) in [6.45, 7) is 16.3. The van der Waals surface area contributed by atoms with Gasteiger partial charge in [-0.2, -0.15) is 0 Å². The van der Waals surface area contributed by atoms with Crippen molar-refractivity contribution < 1.29 is 4.74 Å². The van der Waals surface area contributed by atoms with E-state index in [1.807, 2.05) is 31.4 Å². The molecule has 2 aliphatic rings. The lowest BCUT2D eigenvalue weighted by atomic mass is 9.90. The Morgan fingerprint density at radius 3 is 2.59 bits per heavy atom. The third-order valence-electron chi connectivity index (χ3n) is 5.23. The Morgan fingerprint density at radius 2 is 2.00 bits per heavy atom. The average Bonchev–Trinajstić information content (AvgIpc) is 3.06. The van der Waals surface area contributed by atoms with Crippen LogP contribution in [0, 0.1) is 12.3 Å². The van der Waals surface area contributed by atoms with Gasteiger partial charge in [-0.3, -0.25) is 0 Å².